The molecule has 2 rings (SSSR count). The number of tetrazole rings is 1. The second-order valence-electron chi connectivity index (χ2n) is 1.59. The maximum Gasteiger partial charge on any atom is 0.205 e. The van der Waals surface area contributed by atoms with Crippen LogP contribution in [0.5, 0.6) is 0 Å². The van der Waals surface area contributed by atoms with Crippen molar-refractivity contribution in [2.45, 2.75) is 6.10 Å². The Labute approximate surface area is 45.0 Å². The van der Waals surface area contributed by atoms with E-state index in [-0.39, 0.29) is 6.10 Å². The Hall–Kier alpha value is -0.970. The van der Waals surface area contributed by atoms with Crippen LogP contribution in [0.1, 0.15) is 11.9 Å². The van der Waals surface area contributed by atoms with Crippen molar-refractivity contribution in [3.05, 3.63) is 5.82 Å². The van der Waals surface area contributed by atoms with Gasteiger partial charge in [-0.15, -0.1) is 10.2 Å². The summed E-state index contributed by atoms with van der Waals surface area (Å²) in [7, 11) is 0. The van der Waals surface area contributed by atoms with Gasteiger partial charge in [0.15, 0.2) is 0 Å². The molecule has 42 valence electrons. The monoisotopic (exact) mass is 112 g/mol. The molecule has 5 heteroatoms. The van der Waals surface area contributed by atoms with E-state index >= 15 is 0 Å². The lowest BCUT2D eigenvalue weighted by atomic mass is 10.5. The standard InChI is InChI=1S/C3H4N4O/c1-2(8-1)3-4-6-7-5-3/h2H,1H2,(H,4,5,6,7)/t2-/m1/s1. The number of H-pyrrole nitrogens is 1. The van der Waals surface area contributed by atoms with Crippen molar-refractivity contribution in [3.63, 3.8) is 0 Å². The van der Waals surface area contributed by atoms with Crippen LogP contribution in [-0.4, -0.2) is 27.2 Å². The highest BCUT2D eigenvalue weighted by Crippen LogP contribution is 2.24. The zero-order valence-corrected chi connectivity index (χ0v) is 4.03. The molecule has 8 heavy (non-hydrogen) atoms. The molecule has 1 aliphatic rings. The third-order valence-electron chi connectivity index (χ3n) is 0.983. The van der Waals surface area contributed by atoms with Crippen molar-refractivity contribution in [1.82, 2.24) is 20.6 Å². The Balaban J connectivity index is 2.28. The van der Waals surface area contributed by atoms with Gasteiger partial charge in [-0.1, -0.05) is 5.21 Å². The Bertz CT molecular complexity index is 167. The molecule has 0 radical (unpaired) electrons. The summed E-state index contributed by atoms with van der Waals surface area (Å²) < 4.78 is 4.87. The van der Waals surface area contributed by atoms with Crippen LogP contribution in [0.15, 0.2) is 0 Å². The molecule has 1 saturated heterocycles. The Morgan fingerprint density at radius 3 is 3.12 bits per heavy atom. The minimum absolute atomic E-state index is 0.119. The number of aromatic amines is 1. The quantitative estimate of drug-likeness (QED) is 0.486. The van der Waals surface area contributed by atoms with Gasteiger partial charge in [-0.25, -0.2) is 0 Å². The third kappa shape index (κ3) is 0.481. The average Bonchev–Trinajstić information content (AvgIpc) is 2.49. The lowest BCUT2D eigenvalue weighted by Gasteiger charge is -1.73. The molecule has 0 amide bonds. The number of nitrogens with one attached hydrogen (secondary N) is 1. The van der Waals surface area contributed by atoms with Crippen LogP contribution in [0.4, 0.5) is 0 Å². The van der Waals surface area contributed by atoms with Crippen LogP contribution < -0.4 is 0 Å². The van der Waals surface area contributed by atoms with Gasteiger partial charge in [0.2, 0.25) is 5.82 Å². The maximum absolute atomic E-state index is 4.87. The van der Waals surface area contributed by atoms with E-state index in [0.717, 1.165) is 6.61 Å². The van der Waals surface area contributed by atoms with Gasteiger partial charge >= 0.3 is 0 Å². The predicted octanol–water partition coefficient (Wildman–Crippen LogP) is -0.729. The lowest BCUT2D eigenvalue weighted by Crippen LogP contribution is -1.81. The molecular weight excluding hydrogens is 108 g/mol. The minimum atomic E-state index is 0.119. The highest BCUT2D eigenvalue weighted by atomic mass is 16.6. The molecule has 0 unspecified atom stereocenters. The van der Waals surface area contributed by atoms with Crippen LogP contribution in [0, 0.1) is 0 Å². The first kappa shape index (κ1) is 3.96. The van der Waals surface area contributed by atoms with Crippen LogP contribution >= 0.6 is 0 Å². The van der Waals surface area contributed by atoms with Crippen LogP contribution in [0.3, 0.4) is 0 Å². The van der Waals surface area contributed by atoms with Crippen molar-refractivity contribution >= 4 is 0 Å². The van der Waals surface area contributed by atoms with Gasteiger partial charge in [-0.3, -0.25) is 0 Å². The molecule has 2 heterocycles. The first-order valence-corrected chi connectivity index (χ1v) is 2.32. The zero-order chi connectivity index (χ0) is 5.40. The molecule has 0 aliphatic carbocycles. The number of rotatable bonds is 1. The Kier molecular flexibility index (Phi) is 0.621. The molecule has 1 aromatic heterocycles. The molecule has 0 bridgehead atoms. The number of aromatic nitrogens is 4. The fraction of sp³-hybridized carbons (Fsp3) is 0.667. The van der Waals surface area contributed by atoms with E-state index in [4.69, 9.17) is 4.74 Å². The third-order valence-corrected chi connectivity index (χ3v) is 0.983. The Morgan fingerprint density at radius 1 is 1.75 bits per heavy atom. The Morgan fingerprint density at radius 2 is 2.62 bits per heavy atom. The second-order valence-corrected chi connectivity index (χ2v) is 1.59. The SMILES string of the molecule is C1O[C@H]1c1nn[nH]n1. The van der Waals surface area contributed by atoms with E-state index in [1.54, 1.807) is 0 Å². The summed E-state index contributed by atoms with van der Waals surface area (Å²) in [5.41, 5.74) is 0. The highest BCUT2D eigenvalue weighted by Gasteiger charge is 2.28. The van der Waals surface area contributed by atoms with Gasteiger partial charge in [0.05, 0.1) is 6.61 Å². The highest BCUT2D eigenvalue weighted by molar-refractivity contribution is 4.90. The molecule has 1 N–H and O–H groups in total. The van der Waals surface area contributed by atoms with Crippen molar-refractivity contribution in [3.8, 4) is 0 Å². The summed E-state index contributed by atoms with van der Waals surface area (Å²) in [5.74, 6) is 0.657. The summed E-state index contributed by atoms with van der Waals surface area (Å²) in [4.78, 5) is 0. The summed E-state index contributed by atoms with van der Waals surface area (Å²) in [5, 5.41) is 13.1. The number of hydrogen-bond acceptors (Lipinski definition) is 4. The van der Waals surface area contributed by atoms with Gasteiger partial charge in [0.1, 0.15) is 6.10 Å². The molecular formula is C3H4N4O. The van der Waals surface area contributed by atoms with E-state index in [2.05, 4.69) is 20.6 Å². The largest absolute Gasteiger partial charge is 0.364 e. The maximum atomic E-state index is 4.87. The molecule has 1 aromatic rings. The van der Waals surface area contributed by atoms with Crippen LogP contribution in [0.25, 0.3) is 0 Å². The van der Waals surface area contributed by atoms with E-state index < -0.39 is 0 Å². The van der Waals surface area contributed by atoms with Gasteiger partial charge in [0, 0.05) is 0 Å². The summed E-state index contributed by atoms with van der Waals surface area (Å²) >= 11 is 0. The minimum Gasteiger partial charge on any atom is -0.364 e. The van der Waals surface area contributed by atoms with Crippen molar-refractivity contribution in [2.24, 2.45) is 0 Å². The topological polar surface area (TPSA) is 67.0 Å². The number of nitrogens with zero attached hydrogens (tertiary/aromatic N) is 3. The van der Waals surface area contributed by atoms with Crippen LogP contribution in [-0.2, 0) is 4.74 Å². The summed E-state index contributed by atoms with van der Waals surface area (Å²) in [6.07, 6.45) is 0.119. The predicted molar refractivity (Wildman–Crippen MR) is 22.9 cm³/mol. The van der Waals surface area contributed by atoms with Crippen LogP contribution in [0.2, 0.25) is 0 Å². The fourth-order valence-corrected chi connectivity index (χ4v) is 0.503. The first-order chi connectivity index (χ1) is 3.97. The molecule has 1 atom stereocenters. The molecule has 0 aromatic carbocycles. The second kappa shape index (κ2) is 1.25. The number of ether oxygens (including phenoxy) is 1. The molecule has 1 aliphatic heterocycles. The molecule has 0 saturated carbocycles. The lowest BCUT2D eigenvalue weighted by molar-refractivity contribution is 0.406. The van der Waals surface area contributed by atoms with Gasteiger partial charge in [0.25, 0.3) is 0 Å². The average molecular weight is 112 g/mol. The fourth-order valence-electron chi connectivity index (χ4n) is 0.503. The molecule has 0 spiro atoms. The smallest absolute Gasteiger partial charge is 0.205 e. The summed E-state index contributed by atoms with van der Waals surface area (Å²) in [6.45, 7) is 0.736. The van der Waals surface area contributed by atoms with E-state index in [1.165, 1.54) is 0 Å². The van der Waals surface area contributed by atoms with Crippen molar-refractivity contribution < 1.29 is 4.74 Å². The van der Waals surface area contributed by atoms with E-state index in [9.17, 15) is 0 Å². The van der Waals surface area contributed by atoms with Crippen molar-refractivity contribution in [1.29, 1.82) is 0 Å². The normalized spacial score (nSPS) is 25.8. The summed E-state index contributed by atoms with van der Waals surface area (Å²) in [6, 6.07) is 0. The number of epoxide rings is 1. The first-order valence-electron chi connectivity index (χ1n) is 2.32. The molecule has 5 nitrogen and oxygen atoms in total. The van der Waals surface area contributed by atoms with Gasteiger partial charge in [-0.05, 0) is 0 Å². The van der Waals surface area contributed by atoms with Gasteiger partial charge < -0.3 is 4.74 Å². The van der Waals surface area contributed by atoms with Crippen molar-refractivity contribution in [2.75, 3.05) is 6.61 Å². The van der Waals surface area contributed by atoms with E-state index in [1.807, 2.05) is 0 Å². The van der Waals surface area contributed by atoms with E-state index in [0.29, 0.717) is 5.82 Å². The van der Waals surface area contributed by atoms with Gasteiger partial charge in [-0.2, -0.15) is 5.21 Å². The number of hydrogen-bond donors (Lipinski definition) is 1. The molecule has 1 fully saturated rings. The zero-order valence-electron chi connectivity index (χ0n) is 4.03.